The quantitative estimate of drug-likeness (QED) is 0.381. The Hall–Kier alpha value is -2.12. The molecule has 0 aliphatic heterocycles. The molecule has 158 valence electrons. The van der Waals surface area contributed by atoms with Crippen molar-refractivity contribution in [2.75, 3.05) is 0 Å². The van der Waals surface area contributed by atoms with Crippen LogP contribution in [0.4, 0.5) is 0 Å². The maximum absolute atomic E-state index is 13.0. The fourth-order valence-corrected chi connectivity index (χ4v) is 5.57. The van der Waals surface area contributed by atoms with Crippen LogP contribution >= 0.6 is 23.1 Å². The molecular formula is C23H27N3O2S2. The van der Waals surface area contributed by atoms with Crippen LogP contribution in [0.5, 0.6) is 0 Å². The highest BCUT2D eigenvalue weighted by molar-refractivity contribution is 8.00. The standard InChI is InChI=1S/C23H27N3O2S2/c1-4-13(2)12-17-14(3)29-22-18(17)20(27)25-23(26-22)30-19(15-8-6-5-7-9-15)21(28)24-16-10-11-16/h5-9,13,16,19H,4,10-12H2,1-3H3,(H,24,28)(H,25,26,27). The summed E-state index contributed by atoms with van der Waals surface area (Å²) in [5.74, 6) is 0.486. The fourth-order valence-electron chi connectivity index (χ4n) is 3.47. The van der Waals surface area contributed by atoms with Crippen LogP contribution in [0.15, 0.2) is 40.3 Å². The third-order valence-electron chi connectivity index (χ3n) is 5.58. The predicted molar refractivity (Wildman–Crippen MR) is 124 cm³/mol. The van der Waals surface area contributed by atoms with Gasteiger partial charge in [-0.3, -0.25) is 9.59 Å². The van der Waals surface area contributed by atoms with E-state index >= 15 is 0 Å². The van der Waals surface area contributed by atoms with Crippen molar-refractivity contribution in [1.29, 1.82) is 0 Å². The second-order valence-electron chi connectivity index (χ2n) is 8.10. The number of aromatic amines is 1. The topological polar surface area (TPSA) is 74.8 Å². The fraction of sp³-hybridized carbons (Fsp3) is 0.435. The van der Waals surface area contributed by atoms with Crippen LogP contribution in [0.25, 0.3) is 10.2 Å². The van der Waals surface area contributed by atoms with Gasteiger partial charge in [-0.05, 0) is 43.2 Å². The van der Waals surface area contributed by atoms with E-state index in [4.69, 9.17) is 4.98 Å². The average Bonchev–Trinajstić information content (AvgIpc) is 3.49. The van der Waals surface area contributed by atoms with Crippen LogP contribution in [0, 0.1) is 12.8 Å². The van der Waals surface area contributed by atoms with E-state index in [1.54, 1.807) is 11.3 Å². The van der Waals surface area contributed by atoms with Gasteiger partial charge in [-0.15, -0.1) is 11.3 Å². The molecular weight excluding hydrogens is 414 g/mol. The van der Waals surface area contributed by atoms with E-state index in [1.807, 2.05) is 30.3 Å². The average molecular weight is 442 g/mol. The summed E-state index contributed by atoms with van der Waals surface area (Å²) in [6.07, 6.45) is 4.03. The molecule has 30 heavy (non-hydrogen) atoms. The van der Waals surface area contributed by atoms with Gasteiger partial charge >= 0.3 is 0 Å². The van der Waals surface area contributed by atoms with Crippen molar-refractivity contribution in [3.05, 3.63) is 56.7 Å². The number of amides is 1. The van der Waals surface area contributed by atoms with Gasteiger partial charge in [0.1, 0.15) is 10.1 Å². The lowest BCUT2D eigenvalue weighted by molar-refractivity contribution is -0.120. The highest BCUT2D eigenvalue weighted by atomic mass is 32.2. The van der Waals surface area contributed by atoms with Gasteiger partial charge in [-0.2, -0.15) is 0 Å². The van der Waals surface area contributed by atoms with Crippen molar-refractivity contribution in [2.45, 2.75) is 62.9 Å². The van der Waals surface area contributed by atoms with E-state index in [0.717, 1.165) is 46.5 Å². The Morgan fingerprint density at radius 3 is 2.73 bits per heavy atom. The molecule has 2 heterocycles. The zero-order chi connectivity index (χ0) is 21.3. The lowest BCUT2D eigenvalue weighted by atomic mass is 9.98. The number of thiophene rings is 1. The molecule has 1 aliphatic rings. The van der Waals surface area contributed by atoms with Crippen molar-refractivity contribution in [3.63, 3.8) is 0 Å². The molecule has 3 aromatic rings. The van der Waals surface area contributed by atoms with Crippen LogP contribution in [-0.2, 0) is 11.2 Å². The summed E-state index contributed by atoms with van der Waals surface area (Å²) in [5, 5.41) is 3.84. The number of hydrogen-bond acceptors (Lipinski definition) is 5. The summed E-state index contributed by atoms with van der Waals surface area (Å²) < 4.78 is 0. The zero-order valence-corrected chi connectivity index (χ0v) is 19.2. The molecule has 1 aromatic carbocycles. The maximum Gasteiger partial charge on any atom is 0.260 e. The van der Waals surface area contributed by atoms with Gasteiger partial charge in [-0.1, -0.05) is 62.4 Å². The molecule has 2 unspecified atom stereocenters. The number of nitrogens with zero attached hydrogens (tertiary/aromatic N) is 1. The van der Waals surface area contributed by atoms with Gasteiger partial charge in [0.15, 0.2) is 5.16 Å². The largest absolute Gasteiger partial charge is 0.352 e. The molecule has 0 bridgehead atoms. The number of hydrogen-bond donors (Lipinski definition) is 2. The minimum absolute atomic E-state index is 0.0312. The Morgan fingerprint density at radius 2 is 2.07 bits per heavy atom. The molecule has 1 saturated carbocycles. The molecule has 4 rings (SSSR count). The van der Waals surface area contributed by atoms with Gasteiger partial charge in [-0.25, -0.2) is 4.98 Å². The number of rotatable bonds is 8. The van der Waals surface area contributed by atoms with Gasteiger partial charge in [0.25, 0.3) is 5.56 Å². The maximum atomic E-state index is 13.0. The van der Waals surface area contributed by atoms with Crippen LogP contribution in [0.2, 0.25) is 0 Å². The SMILES string of the molecule is CCC(C)Cc1c(C)sc2nc(SC(C(=O)NC3CC3)c3ccccc3)[nH]c(=O)c12. The van der Waals surface area contributed by atoms with E-state index < -0.39 is 5.25 Å². The van der Waals surface area contributed by atoms with E-state index in [9.17, 15) is 9.59 Å². The van der Waals surface area contributed by atoms with Crippen molar-refractivity contribution < 1.29 is 4.79 Å². The first-order valence-electron chi connectivity index (χ1n) is 10.5. The summed E-state index contributed by atoms with van der Waals surface area (Å²) in [4.78, 5) is 35.5. The number of aromatic nitrogens is 2. The molecule has 2 aromatic heterocycles. The van der Waals surface area contributed by atoms with Crippen molar-refractivity contribution in [1.82, 2.24) is 15.3 Å². The number of nitrogens with one attached hydrogen (secondary N) is 2. The molecule has 1 fully saturated rings. The monoisotopic (exact) mass is 441 g/mol. The Kier molecular flexibility index (Phi) is 6.29. The smallest absolute Gasteiger partial charge is 0.260 e. The number of H-pyrrole nitrogens is 1. The lowest BCUT2D eigenvalue weighted by Crippen LogP contribution is -2.30. The molecule has 7 heteroatoms. The number of thioether (sulfide) groups is 1. The second kappa shape index (κ2) is 8.94. The Balaban J connectivity index is 1.67. The van der Waals surface area contributed by atoms with Crippen molar-refractivity contribution in [3.8, 4) is 0 Å². The van der Waals surface area contributed by atoms with Crippen LogP contribution in [0.1, 0.15) is 54.4 Å². The highest BCUT2D eigenvalue weighted by Gasteiger charge is 2.30. The second-order valence-corrected chi connectivity index (χ2v) is 10.4. The molecule has 0 radical (unpaired) electrons. The number of carbonyl (C=O) groups excluding carboxylic acids is 1. The molecule has 0 saturated heterocycles. The molecule has 0 spiro atoms. The summed E-state index contributed by atoms with van der Waals surface area (Å²) in [6, 6.07) is 9.96. The highest BCUT2D eigenvalue weighted by Crippen LogP contribution is 2.36. The molecule has 1 aliphatic carbocycles. The third kappa shape index (κ3) is 4.62. The Morgan fingerprint density at radius 1 is 1.33 bits per heavy atom. The number of carbonyl (C=O) groups is 1. The van der Waals surface area contributed by atoms with Gasteiger partial charge in [0.2, 0.25) is 5.91 Å². The Labute approximate surface area is 184 Å². The van der Waals surface area contributed by atoms with Gasteiger partial charge in [0, 0.05) is 10.9 Å². The minimum Gasteiger partial charge on any atom is -0.352 e. The molecule has 2 atom stereocenters. The van der Waals surface area contributed by atoms with Crippen molar-refractivity contribution in [2.24, 2.45) is 5.92 Å². The molecule has 1 amide bonds. The first-order chi connectivity index (χ1) is 14.5. The third-order valence-corrected chi connectivity index (χ3v) is 7.76. The van der Waals surface area contributed by atoms with Gasteiger partial charge < -0.3 is 10.3 Å². The first kappa shape index (κ1) is 21.1. The minimum atomic E-state index is -0.451. The molecule has 2 N–H and O–H groups in total. The number of benzene rings is 1. The van der Waals surface area contributed by atoms with Gasteiger partial charge in [0.05, 0.1) is 5.39 Å². The summed E-state index contributed by atoms with van der Waals surface area (Å²) in [6.45, 7) is 6.44. The van der Waals surface area contributed by atoms with E-state index in [0.29, 0.717) is 16.5 Å². The van der Waals surface area contributed by atoms with E-state index in [1.165, 1.54) is 11.8 Å². The first-order valence-corrected chi connectivity index (χ1v) is 12.2. The number of fused-ring (bicyclic) bond motifs is 1. The normalized spacial score (nSPS) is 15.8. The van der Waals surface area contributed by atoms with E-state index in [2.05, 4.69) is 31.1 Å². The van der Waals surface area contributed by atoms with E-state index in [-0.39, 0.29) is 17.5 Å². The number of aryl methyl sites for hydroxylation is 1. The van der Waals surface area contributed by atoms with Crippen LogP contribution < -0.4 is 10.9 Å². The summed E-state index contributed by atoms with van der Waals surface area (Å²) >= 11 is 2.88. The summed E-state index contributed by atoms with van der Waals surface area (Å²) in [7, 11) is 0. The lowest BCUT2D eigenvalue weighted by Gasteiger charge is -2.16. The Bertz CT molecular complexity index is 1100. The van der Waals surface area contributed by atoms with Crippen molar-refractivity contribution >= 4 is 39.2 Å². The predicted octanol–water partition coefficient (Wildman–Crippen LogP) is 4.99. The molecule has 5 nitrogen and oxygen atoms in total. The summed E-state index contributed by atoms with van der Waals surface area (Å²) in [5.41, 5.74) is 1.91. The zero-order valence-electron chi connectivity index (χ0n) is 17.5. The van der Waals surface area contributed by atoms with Crippen LogP contribution in [0.3, 0.4) is 0 Å². The van der Waals surface area contributed by atoms with Crippen LogP contribution in [-0.4, -0.2) is 21.9 Å².